The van der Waals surface area contributed by atoms with Crippen molar-refractivity contribution in [3.8, 4) is 0 Å². The average molecular weight is 346 g/mol. The Labute approximate surface area is 136 Å². The second-order valence-corrected chi connectivity index (χ2v) is 9.27. The first-order valence-corrected chi connectivity index (χ1v) is 10.4. The van der Waals surface area contributed by atoms with Crippen LogP contribution in [0.25, 0.3) is 0 Å². The van der Waals surface area contributed by atoms with E-state index >= 15 is 0 Å². The molecule has 2 aliphatic heterocycles. The molecule has 6 heteroatoms. The molecule has 0 N–H and O–H groups in total. The zero-order valence-electron chi connectivity index (χ0n) is 12.3. The van der Waals surface area contributed by atoms with Gasteiger partial charge in [0.1, 0.15) is 0 Å². The van der Waals surface area contributed by atoms with E-state index in [9.17, 15) is 8.42 Å². The van der Waals surface area contributed by atoms with E-state index in [4.69, 9.17) is 11.6 Å². The second-order valence-electron chi connectivity index (χ2n) is 5.91. The Balaban J connectivity index is 1.98. The van der Waals surface area contributed by atoms with Gasteiger partial charge in [0.2, 0.25) is 10.0 Å². The number of hydrogen-bond acceptors (Lipinski definition) is 3. The van der Waals surface area contributed by atoms with Gasteiger partial charge in [-0.3, -0.25) is 0 Å². The molecular formula is C15H20ClNO2S2. The molecule has 3 nitrogen and oxygen atoms in total. The molecule has 0 spiro atoms. The Morgan fingerprint density at radius 1 is 1.24 bits per heavy atom. The Bertz CT molecular complexity index is 633. The molecule has 2 fully saturated rings. The van der Waals surface area contributed by atoms with E-state index < -0.39 is 10.0 Å². The summed E-state index contributed by atoms with van der Waals surface area (Å²) in [7, 11) is -3.44. The fourth-order valence-corrected chi connectivity index (χ4v) is 6.85. The molecule has 0 radical (unpaired) electrons. The minimum atomic E-state index is -3.44. The van der Waals surface area contributed by atoms with Crippen molar-refractivity contribution in [2.75, 3.05) is 6.26 Å². The molecule has 1 aromatic rings. The largest absolute Gasteiger partial charge is 0.243 e. The monoisotopic (exact) mass is 345 g/mol. The predicted molar refractivity (Wildman–Crippen MR) is 88.6 cm³/mol. The standard InChI is InChI=1S/C15H20ClNO2S2/c1-10-14(16)4-3-5-15(10)21(18,19)17-11-6-7-12(17)9-13(8-11)20-2/h3-5,11-13H,6-9H2,1-2H3/t11-,12+,13?. The number of piperidine rings is 1. The number of sulfonamides is 1. The first kappa shape index (κ1) is 15.7. The zero-order chi connectivity index (χ0) is 15.2. The molecule has 2 heterocycles. The number of halogens is 1. The van der Waals surface area contributed by atoms with Gasteiger partial charge in [0.05, 0.1) is 4.90 Å². The summed E-state index contributed by atoms with van der Waals surface area (Å²) in [5, 5.41) is 1.11. The van der Waals surface area contributed by atoms with E-state index in [-0.39, 0.29) is 12.1 Å². The summed E-state index contributed by atoms with van der Waals surface area (Å²) in [5.74, 6) is 0. The Kier molecular flexibility index (Phi) is 4.30. The SMILES string of the molecule is CSC1C[C@H]2CC[C@@H](C1)N2S(=O)(=O)c1cccc(Cl)c1C. The van der Waals surface area contributed by atoms with Gasteiger partial charge in [0.15, 0.2) is 0 Å². The van der Waals surface area contributed by atoms with Gasteiger partial charge in [-0.05, 0) is 56.6 Å². The average Bonchev–Trinajstić information content (AvgIpc) is 2.74. The Morgan fingerprint density at radius 2 is 1.86 bits per heavy atom. The van der Waals surface area contributed by atoms with Crippen LogP contribution in [0, 0.1) is 6.92 Å². The van der Waals surface area contributed by atoms with Crippen molar-refractivity contribution in [1.82, 2.24) is 4.31 Å². The summed E-state index contributed by atoms with van der Waals surface area (Å²) in [6, 6.07) is 5.45. The van der Waals surface area contributed by atoms with Crippen molar-refractivity contribution < 1.29 is 8.42 Å². The van der Waals surface area contributed by atoms with Gasteiger partial charge in [0, 0.05) is 22.4 Å². The lowest BCUT2D eigenvalue weighted by Crippen LogP contribution is -2.47. The molecule has 2 bridgehead atoms. The lowest BCUT2D eigenvalue weighted by Gasteiger charge is -2.37. The van der Waals surface area contributed by atoms with Crippen molar-refractivity contribution >= 4 is 33.4 Å². The van der Waals surface area contributed by atoms with Gasteiger partial charge in [-0.2, -0.15) is 16.1 Å². The molecule has 0 aromatic heterocycles. The first-order valence-electron chi connectivity index (χ1n) is 7.26. The molecule has 0 aliphatic carbocycles. The highest BCUT2D eigenvalue weighted by molar-refractivity contribution is 7.99. The summed E-state index contributed by atoms with van der Waals surface area (Å²) in [6.07, 6.45) is 6.03. The maximum atomic E-state index is 13.1. The molecule has 0 amide bonds. The van der Waals surface area contributed by atoms with Crippen LogP contribution in [0.1, 0.15) is 31.2 Å². The van der Waals surface area contributed by atoms with Crippen LogP contribution in [0.2, 0.25) is 5.02 Å². The van der Waals surface area contributed by atoms with Crippen molar-refractivity contribution in [3.05, 3.63) is 28.8 Å². The number of benzene rings is 1. The van der Waals surface area contributed by atoms with Gasteiger partial charge in [-0.1, -0.05) is 17.7 Å². The molecule has 116 valence electrons. The van der Waals surface area contributed by atoms with Crippen LogP contribution in [0.5, 0.6) is 0 Å². The third-order valence-corrected chi connectivity index (χ3v) is 8.34. The highest BCUT2D eigenvalue weighted by Crippen LogP contribution is 2.43. The van der Waals surface area contributed by atoms with Crippen LogP contribution in [0.15, 0.2) is 23.1 Å². The number of hydrogen-bond donors (Lipinski definition) is 0. The minimum Gasteiger partial charge on any atom is -0.207 e. The Hall–Kier alpha value is -0.230. The molecule has 1 aromatic carbocycles. The lowest BCUT2D eigenvalue weighted by atomic mass is 10.1. The summed E-state index contributed by atoms with van der Waals surface area (Å²) in [6.45, 7) is 1.78. The van der Waals surface area contributed by atoms with Gasteiger partial charge in [-0.15, -0.1) is 0 Å². The van der Waals surface area contributed by atoms with E-state index in [0.29, 0.717) is 20.7 Å². The molecule has 2 saturated heterocycles. The molecule has 2 aliphatic rings. The number of fused-ring (bicyclic) bond motifs is 2. The fourth-order valence-electron chi connectivity index (χ4n) is 3.65. The van der Waals surface area contributed by atoms with Gasteiger partial charge in [0.25, 0.3) is 0 Å². The third kappa shape index (κ3) is 2.62. The van der Waals surface area contributed by atoms with Crippen LogP contribution in [-0.2, 0) is 10.0 Å². The highest BCUT2D eigenvalue weighted by Gasteiger charge is 2.47. The molecule has 21 heavy (non-hydrogen) atoms. The maximum absolute atomic E-state index is 13.1. The van der Waals surface area contributed by atoms with Gasteiger partial charge in [-0.25, -0.2) is 8.42 Å². The van der Waals surface area contributed by atoms with Crippen LogP contribution in [0.3, 0.4) is 0 Å². The second kappa shape index (κ2) is 5.76. The van der Waals surface area contributed by atoms with E-state index in [0.717, 1.165) is 25.7 Å². The van der Waals surface area contributed by atoms with Gasteiger partial charge < -0.3 is 0 Å². The van der Waals surface area contributed by atoms with Crippen molar-refractivity contribution in [1.29, 1.82) is 0 Å². The van der Waals surface area contributed by atoms with Crippen LogP contribution in [0.4, 0.5) is 0 Å². The third-order valence-electron chi connectivity index (χ3n) is 4.73. The summed E-state index contributed by atoms with van der Waals surface area (Å²) >= 11 is 7.97. The quantitative estimate of drug-likeness (QED) is 0.838. The Morgan fingerprint density at radius 3 is 2.43 bits per heavy atom. The van der Waals surface area contributed by atoms with Gasteiger partial charge >= 0.3 is 0 Å². The van der Waals surface area contributed by atoms with Crippen molar-refractivity contribution in [2.45, 2.75) is 54.8 Å². The van der Waals surface area contributed by atoms with Crippen LogP contribution < -0.4 is 0 Å². The van der Waals surface area contributed by atoms with Crippen LogP contribution >= 0.6 is 23.4 Å². The summed E-state index contributed by atoms with van der Waals surface area (Å²) in [5.41, 5.74) is 0.658. The highest BCUT2D eigenvalue weighted by atomic mass is 35.5. The number of nitrogens with zero attached hydrogens (tertiary/aromatic N) is 1. The molecule has 3 rings (SSSR count). The predicted octanol–water partition coefficient (Wildman–Crippen LogP) is 3.70. The molecule has 3 atom stereocenters. The van der Waals surface area contributed by atoms with E-state index in [1.165, 1.54) is 0 Å². The zero-order valence-corrected chi connectivity index (χ0v) is 14.6. The summed E-state index contributed by atoms with van der Waals surface area (Å²) < 4.78 is 27.9. The van der Waals surface area contributed by atoms with Crippen molar-refractivity contribution in [2.24, 2.45) is 0 Å². The van der Waals surface area contributed by atoms with E-state index in [1.807, 2.05) is 11.8 Å². The first-order chi connectivity index (χ1) is 9.95. The van der Waals surface area contributed by atoms with Crippen molar-refractivity contribution in [3.63, 3.8) is 0 Å². The molecule has 0 saturated carbocycles. The maximum Gasteiger partial charge on any atom is 0.243 e. The lowest BCUT2D eigenvalue weighted by molar-refractivity contribution is 0.253. The topological polar surface area (TPSA) is 37.4 Å². The number of rotatable bonds is 3. The van der Waals surface area contributed by atoms with E-state index in [1.54, 1.807) is 29.4 Å². The molecule has 1 unspecified atom stereocenters. The smallest absolute Gasteiger partial charge is 0.207 e. The molecular weight excluding hydrogens is 326 g/mol. The van der Waals surface area contributed by atoms with Crippen LogP contribution in [-0.4, -0.2) is 36.3 Å². The number of thioether (sulfide) groups is 1. The summed E-state index contributed by atoms with van der Waals surface area (Å²) in [4.78, 5) is 0.370. The fraction of sp³-hybridized carbons (Fsp3) is 0.600. The minimum absolute atomic E-state index is 0.157. The van der Waals surface area contributed by atoms with E-state index in [2.05, 4.69) is 6.26 Å². The normalized spacial score (nSPS) is 29.8.